The van der Waals surface area contributed by atoms with Gasteiger partial charge < -0.3 is 4.98 Å². The first-order valence-electron chi connectivity index (χ1n) is 4.62. The first-order chi connectivity index (χ1) is 7.06. The Balaban J connectivity index is 2.63. The summed E-state index contributed by atoms with van der Waals surface area (Å²) in [4.78, 5) is 3.00. The van der Waals surface area contributed by atoms with Crippen LogP contribution < -0.4 is 0 Å². The van der Waals surface area contributed by atoms with Crippen LogP contribution in [0.5, 0.6) is 0 Å². The van der Waals surface area contributed by atoms with E-state index in [1.54, 1.807) is 4.57 Å². The molecule has 0 saturated carbocycles. The summed E-state index contributed by atoms with van der Waals surface area (Å²) < 4.78 is 15.5. The summed E-state index contributed by atoms with van der Waals surface area (Å²) in [5.41, 5.74) is 2.59. The fourth-order valence-corrected chi connectivity index (χ4v) is 1.88. The van der Waals surface area contributed by atoms with E-state index in [4.69, 9.17) is 12.2 Å². The molecule has 1 aromatic carbocycles. The number of aromatic nitrogens is 2. The molecule has 1 heterocycles. The number of benzene rings is 1. The average molecular weight is 222 g/mol. The fraction of sp³-hybridized carbons (Fsp3) is 0.182. The third kappa shape index (κ3) is 1.99. The monoisotopic (exact) mass is 222 g/mol. The summed E-state index contributed by atoms with van der Waals surface area (Å²) in [5, 5.41) is 0. The summed E-state index contributed by atoms with van der Waals surface area (Å²) in [6.45, 7) is 3.77. The molecule has 2 nitrogen and oxygen atoms in total. The molecule has 15 heavy (non-hydrogen) atoms. The lowest BCUT2D eigenvalue weighted by atomic mass is 10.2. The van der Waals surface area contributed by atoms with Crippen molar-refractivity contribution in [1.29, 1.82) is 0 Å². The molecule has 0 spiro atoms. The predicted molar refractivity (Wildman–Crippen MR) is 60.4 cm³/mol. The number of halogens is 1. The van der Waals surface area contributed by atoms with Crippen LogP contribution in [0, 0.1) is 24.4 Å². The van der Waals surface area contributed by atoms with Gasteiger partial charge in [-0.15, -0.1) is 0 Å². The smallest absolute Gasteiger partial charge is 0.181 e. The molecule has 78 valence electrons. The number of H-pyrrole nitrogens is 1. The van der Waals surface area contributed by atoms with Gasteiger partial charge in [-0.05, 0) is 49.8 Å². The van der Waals surface area contributed by atoms with Crippen molar-refractivity contribution in [1.82, 2.24) is 9.55 Å². The van der Waals surface area contributed by atoms with E-state index in [1.165, 1.54) is 12.1 Å². The van der Waals surface area contributed by atoms with Gasteiger partial charge in [-0.1, -0.05) is 0 Å². The second kappa shape index (κ2) is 3.62. The Morgan fingerprint density at radius 3 is 2.53 bits per heavy atom. The van der Waals surface area contributed by atoms with Gasteiger partial charge in [0.15, 0.2) is 4.77 Å². The minimum Gasteiger partial charge on any atom is -0.335 e. The molecule has 4 heteroatoms. The summed E-state index contributed by atoms with van der Waals surface area (Å²) in [5.74, 6) is -0.245. The molecular weight excluding hydrogens is 211 g/mol. The highest BCUT2D eigenvalue weighted by atomic mass is 32.1. The Hall–Kier alpha value is -1.42. The summed E-state index contributed by atoms with van der Waals surface area (Å²) in [6.07, 6.45) is 1.86. The molecule has 1 N–H and O–H groups in total. The van der Waals surface area contributed by atoms with Crippen molar-refractivity contribution >= 4 is 12.2 Å². The molecule has 2 rings (SSSR count). The van der Waals surface area contributed by atoms with Crippen LogP contribution in [0.1, 0.15) is 11.3 Å². The zero-order valence-electron chi connectivity index (χ0n) is 8.54. The topological polar surface area (TPSA) is 20.7 Å². The third-order valence-corrected chi connectivity index (χ3v) is 2.45. The lowest BCUT2D eigenvalue weighted by Gasteiger charge is -2.03. The maximum atomic E-state index is 13.2. The molecule has 0 atom stereocenters. The molecule has 0 amide bonds. The Morgan fingerprint density at radius 1 is 1.27 bits per heavy atom. The van der Waals surface area contributed by atoms with E-state index in [9.17, 15) is 4.39 Å². The predicted octanol–water partition coefficient (Wildman–Crippen LogP) is 3.29. The molecule has 2 aromatic rings. The van der Waals surface area contributed by atoms with Gasteiger partial charge in [0.25, 0.3) is 0 Å². The van der Waals surface area contributed by atoms with Crippen molar-refractivity contribution in [3.05, 3.63) is 46.2 Å². The highest BCUT2D eigenvalue weighted by molar-refractivity contribution is 7.71. The molecule has 0 radical (unpaired) electrons. The van der Waals surface area contributed by atoms with Crippen molar-refractivity contribution in [2.24, 2.45) is 0 Å². The second-order valence-corrected chi connectivity index (χ2v) is 3.99. The van der Waals surface area contributed by atoms with E-state index in [0.717, 1.165) is 16.9 Å². The number of aromatic amines is 1. The van der Waals surface area contributed by atoms with Gasteiger partial charge in [-0.2, -0.15) is 0 Å². The largest absolute Gasteiger partial charge is 0.335 e. The fourth-order valence-electron chi connectivity index (χ4n) is 1.56. The highest BCUT2D eigenvalue weighted by Gasteiger charge is 2.02. The van der Waals surface area contributed by atoms with Crippen molar-refractivity contribution in [3.63, 3.8) is 0 Å². The summed E-state index contributed by atoms with van der Waals surface area (Å²) >= 11 is 5.13. The minimum atomic E-state index is -0.245. The molecule has 0 fully saturated rings. The number of nitrogens with zero attached hydrogens (tertiary/aromatic N) is 1. The van der Waals surface area contributed by atoms with Crippen molar-refractivity contribution in [2.45, 2.75) is 13.8 Å². The van der Waals surface area contributed by atoms with Crippen molar-refractivity contribution in [3.8, 4) is 5.69 Å². The van der Waals surface area contributed by atoms with Crippen molar-refractivity contribution < 1.29 is 4.39 Å². The van der Waals surface area contributed by atoms with Crippen LogP contribution in [-0.4, -0.2) is 9.55 Å². The van der Waals surface area contributed by atoms with E-state index >= 15 is 0 Å². The molecule has 0 aliphatic carbocycles. The van der Waals surface area contributed by atoms with Gasteiger partial charge >= 0.3 is 0 Å². The molecule has 0 bridgehead atoms. The SMILES string of the molecule is Cc1cc(F)cc(-n2cc(C)[nH]c2=S)c1. The zero-order chi connectivity index (χ0) is 11.0. The minimum absolute atomic E-state index is 0.245. The van der Waals surface area contributed by atoms with E-state index in [0.29, 0.717) is 4.77 Å². The van der Waals surface area contributed by atoms with Crippen LogP contribution in [0.2, 0.25) is 0 Å². The lowest BCUT2D eigenvalue weighted by molar-refractivity contribution is 0.625. The van der Waals surface area contributed by atoms with Gasteiger partial charge in [0.1, 0.15) is 5.82 Å². The quantitative estimate of drug-likeness (QED) is 0.734. The Bertz CT molecular complexity index is 534. The molecule has 0 unspecified atom stereocenters. The molecule has 0 saturated heterocycles. The van der Waals surface area contributed by atoms with E-state index in [1.807, 2.05) is 26.1 Å². The molecular formula is C11H11FN2S. The number of rotatable bonds is 1. The average Bonchev–Trinajstić information content (AvgIpc) is 2.43. The Labute approximate surface area is 92.4 Å². The standard InChI is InChI=1S/C11H11FN2S/c1-7-3-9(12)5-10(4-7)14-6-8(2)13-11(14)15/h3-6H,1-2H3,(H,13,15). The molecule has 0 aliphatic heterocycles. The first-order valence-corrected chi connectivity index (χ1v) is 5.03. The van der Waals surface area contributed by atoms with Crippen LogP contribution in [0.3, 0.4) is 0 Å². The third-order valence-electron chi connectivity index (χ3n) is 2.15. The summed E-state index contributed by atoms with van der Waals surface area (Å²) in [7, 11) is 0. The number of hydrogen-bond acceptors (Lipinski definition) is 1. The highest BCUT2D eigenvalue weighted by Crippen LogP contribution is 2.14. The first kappa shape index (κ1) is 10.1. The van der Waals surface area contributed by atoms with E-state index in [2.05, 4.69) is 4.98 Å². The van der Waals surface area contributed by atoms with Crippen LogP contribution in [0.15, 0.2) is 24.4 Å². The van der Waals surface area contributed by atoms with Crippen LogP contribution in [0.25, 0.3) is 5.69 Å². The second-order valence-electron chi connectivity index (χ2n) is 3.60. The van der Waals surface area contributed by atoms with Crippen LogP contribution in [0.4, 0.5) is 4.39 Å². The normalized spacial score (nSPS) is 10.6. The Kier molecular flexibility index (Phi) is 2.44. The number of hydrogen-bond donors (Lipinski definition) is 1. The van der Waals surface area contributed by atoms with Crippen molar-refractivity contribution in [2.75, 3.05) is 0 Å². The molecule has 0 aliphatic rings. The van der Waals surface area contributed by atoms with Gasteiger partial charge in [0.2, 0.25) is 0 Å². The number of nitrogens with one attached hydrogen (secondary N) is 1. The number of imidazole rings is 1. The van der Waals surface area contributed by atoms with Gasteiger partial charge in [0.05, 0.1) is 5.69 Å². The zero-order valence-corrected chi connectivity index (χ0v) is 9.36. The van der Waals surface area contributed by atoms with E-state index in [-0.39, 0.29) is 5.82 Å². The molecule has 1 aromatic heterocycles. The van der Waals surface area contributed by atoms with Gasteiger partial charge in [-0.25, -0.2) is 4.39 Å². The maximum absolute atomic E-state index is 13.2. The number of aryl methyl sites for hydroxylation is 2. The van der Waals surface area contributed by atoms with Crippen LogP contribution >= 0.6 is 12.2 Å². The van der Waals surface area contributed by atoms with Gasteiger partial charge in [0, 0.05) is 11.9 Å². The Morgan fingerprint density at radius 2 is 2.00 bits per heavy atom. The van der Waals surface area contributed by atoms with Crippen LogP contribution in [-0.2, 0) is 0 Å². The van der Waals surface area contributed by atoms with E-state index < -0.39 is 0 Å². The maximum Gasteiger partial charge on any atom is 0.181 e. The lowest BCUT2D eigenvalue weighted by Crippen LogP contribution is -1.94. The summed E-state index contributed by atoms with van der Waals surface area (Å²) in [6, 6.07) is 4.86. The van der Waals surface area contributed by atoms with Gasteiger partial charge in [-0.3, -0.25) is 4.57 Å².